The fourth-order valence-corrected chi connectivity index (χ4v) is 5.32. The molecule has 0 aromatic heterocycles. The third-order valence-corrected chi connectivity index (χ3v) is 7.63. The SMILES string of the molecule is C=C/C=C(\C=C/CCl)SCCC/C(=N\OC(C)=O)c1ccc(Sc2ccc(C(=O)c3ccccc3)cc2)cc1. The first kappa shape index (κ1) is 30.2. The van der Waals surface area contributed by atoms with E-state index in [-0.39, 0.29) is 5.78 Å². The Morgan fingerprint density at radius 3 is 2.13 bits per heavy atom. The number of rotatable bonds is 14. The minimum absolute atomic E-state index is 0.00850. The number of carbonyl (C=O) groups excluding carboxylic acids is 2. The van der Waals surface area contributed by atoms with Gasteiger partial charge in [0.15, 0.2) is 5.78 Å². The number of ketones is 1. The molecule has 0 spiro atoms. The van der Waals surface area contributed by atoms with Crippen molar-refractivity contribution in [1.29, 1.82) is 0 Å². The van der Waals surface area contributed by atoms with Crippen LogP contribution in [0.25, 0.3) is 0 Å². The van der Waals surface area contributed by atoms with Gasteiger partial charge in [-0.3, -0.25) is 4.79 Å². The van der Waals surface area contributed by atoms with Crippen LogP contribution in [0, 0.1) is 0 Å². The molecule has 0 unspecified atom stereocenters. The van der Waals surface area contributed by atoms with Gasteiger partial charge in [0.1, 0.15) is 0 Å². The Labute approximate surface area is 243 Å². The third kappa shape index (κ3) is 10.4. The molecule has 0 heterocycles. The summed E-state index contributed by atoms with van der Waals surface area (Å²) < 4.78 is 0. The molecule has 0 atom stereocenters. The van der Waals surface area contributed by atoms with Crippen molar-refractivity contribution in [3.05, 3.63) is 131 Å². The normalized spacial score (nSPS) is 11.9. The summed E-state index contributed by atoms with van der Waals surface area (Å²) in [7, 11) is 0. The quantitative estimate of drug-likeness (QED) is 0.0366. The van der Waals surface area contributed by atoms with Crippen LogP contribution in [0.1, 0.15) is 41.3 Å². The molecule has 0 aliphatic heterocycles. The smallest absolute Gasteiger partial charge is 0.318 e. The monoisotopic (exact) mass is 575 g/mol. The predicted molar refractivity (Wildman–Crippen MR) is 165 cm³/mol. The van der Waals surface area contributed by atoms with Crippen LogP contribution in [0.15, 0.2) is 130 Å². The number of nitrogens with zero attached hydrogens (tertiary/aromatic N) is 1. The van der Waals surface area contributed by atoms with Crippen LogP contribution in [0.5, 0.6) is 0 Å². The molecule has 4 nitrogen and oxygen atoms in total. The summed E-state index contributed by atoms with van der Waals surface area (Å²) in [5.41, 5.74) is 2.96. The Morgan fingerprint density at radius 1 is 0.923 bits per heavy atom. The molecule has 0 N–H and O–H groups in total. The van der Waals surface area contributed by atoms with E-state index in [1.165, 1.54) is 6.92 Å². The Kier molecular flexibility index (Phi) is 12.9. The van der Waals surface area contributed by atoms with E-state index in [1.54, 1.807) is 29.6 Å². The largest absolute Gasteiger partial charge is 0.331 e. The highest BCUT2D eigenvalue weighted by atomic mass is 35.5. The number of oxime groups is 1. The lowest BCUT2D eigenvalue weighted by atomic mass is 10.0. The molecule has 3 aromatic rings. The molecule has 39 heavy (non-hydrogen) atoms. The van der Waals surface area contributed by atoms with E-state index < -0.39 is 5.97 Å². The lowest BCUT2D eigenvalue weighted by molar-refractivity contribution is -0.140. The lowest BCUT2D eigenvalue weighted by Gasteiger charge is -2.08. The van der Waals surface area contributed by atoms with Gasteiger partial charge >= 0.3 is 5.97 Å². The van der Waals surface area contributed by atoms with Gasteiger partial charge in [0.2, 0.25) is 0 Å². The van der Waals surface area contributed by atoms with Crippen molar-refractivity contribution >= 4 is 52.6 Å². The van der Waals surface area contributed by atoms with Crippen LogP contribution >= 0.6 is 35.1 Å². The van der Waals surface area contributed by atoms with E-state index in [9.17, 15) is 9.59 Å². The van der Waals surface area contributed by atoms with Gasteiger partial charge in [-0.2, -0.15) is 0 Å². The van der Waals surface area contributed by atoms with Crippen molar-refractivity contribution in [1.82, 2.24) is 0 Å². The number of allylic oxidation sites excluding steroid dienone is 4. The summed E-state index contributed by atoms with van der Waals surface area (Å²) >= 11 is 9.07. The maximum absolute atomic E-state index is 12.6. The summed E-state index contributed by atoms with van der Waals surface area (Å²) in [6, 6.07) is 24.9. The molecule has 0 radical (unpaired) electrons. The van der Waals surface area contributed by atoms with E-state index in [0.29, 0.717) is 23.4 Å². The van der Waals surface area contributed by atoms with Gasteiger partial charge in [-0.1, -0.05) is 84.2 Å². The standard InChI is InChI=1S/C32H30ClNO3S2/c1-3-9-28(12-7-22-33)38-23-8-13-31(34-37-24(2)35)25-14-18-29(19-15-25)39-30-20-16-27(17-21-30)32(36)26-10-5-4-6-11-26/h3-7,9-12,14-21H,1,8,13,22-23H2,2H3/b12-7-,28-9+,34-31+. The van der Waals surface area contributed by atoms with E-state index in [4.69, 9.17) is 16.4 Å². The molecule has 200 valence electrons. The molecular weight excluding hydrogens is 546 g/mol. The van der Waals surface area contributed by atoms with Crippen LogP contribution < -0.4 is 0 Å². The minimum Gasteiger partial charge on any atom is -0.318 e. The molecule has 0 amide bonds. The number of hydrogen-bond acceptors (Lipinski definition) is 6. The van der Waals surface area contributed by atoms with Crippen LogP contribution in [0.2, 0.25) is 0 Å². The summed E-state index contributed by atoms with van der Waals surface area (Å²) in [6.45, 7) is 5.10. The van der Waals surface area contributed by atoms with Gasteiger partial charge < -0.3 is 4.84 Å². The minimum atomic E-state index is -0.453. The zero-order valence-corrected chi connectivity index (χ0v) is 24.1. The van der Waals surface area contributed by atoms with E-state index in [1.807, 2.05) is 97.1 Å². The molecule has 7 heteroatoms. The van der Waals surface area contributed by atoms with Gasteiger partial charge in [0.25, 0.3) is 0 Å². The van der Waals surface area contributed by atoms with Crippen molar-refractivity contribution in [2.75, 3.05) is 11.6 Å². The van der Waals surface area contributed by atoms with Crippen LogP contribution in [0.3, 0.4) is 0 Å². The molecule has 3 rings (SSSR count). The lowest BCUT2D eigenvalue weighted by Crippen LogP contribution is -2.05. The Bertz CT molecular complexity index is 1330. The highest BCUT2D eigenvalue weighted by Gasteiger charge is 2.10. The molecule has 0 bridgehead atoms. The fourth-order valence-electron chi connectivity index (χ4n) is 3.50. The Morgan fingerprint density at radius 2 is 1.54 bits per heavy atom. The van der Waals surface area contributed by atoms with Crippen LogP contribution in [-0.2, 0) is 9.63 Å². The van der Waals surface area contributed by atoms with E-state index >= 15 is 0 Å². The second-order valence-electron chi connectivity index (χ2n) is 8.28. The van der Waals surface area contributed by atoms with Gasteiger partial charge in [-0.15, -0.1) is 23.4 Å². The first-order valence-electron chi connectivity index (χ1n) is 12.4. The average Bonchev–Trinajstić information content (AvgIpc) is 2.96. The molecule has 0 saturated heterocycles. The number of benzene rings is 3. The Balaban J connectivity index is 1.62. The maximum Gasteiger partial charge on any atom is 0.331 e. The maximum atomic E-state index is 12.6. The van der Waals surface area contributed by atoms with Gasteiger partial charge in [0, 0.05) is 38.6 Å². The van der Waals surface area contributed by atoms with E-state index in [0.717, 1.165) is 38.1 Å². The third-order valence-electron chi connectivity index (χ3n) is 5.34. The van der Waals surface area contributed by atoms with Crippen molar-refractivity contribution < 1.29 is 14.4 Å². The van der Waals surface area contributed by atoms with Crippen molar-refractivity contribution in [3.63, 3.8) is 0 Å². The Hall–Kier alpha value is -3.32. The predicted octanol–water partition coefficient (Wildman–Crippen LogP) is 8.71. The van der Waals surface area contributed by atoms with Gasteiger partial charge in [-0.25, -0.2) is 4.79 Å². The van der Waals surface area contributed by atoms with Crippen molar-refractivity contribution in [2.24, 2.45) is 5.16 Å². The van der Waals surface area contributed by atoms with Gasteiger partial charge in [0.05, 0.1) is 5.71 Å². The van der Waals surface area contributed by atoms with Crippen molar-refractivity contribution in [2.45, 2.75) is 29.6 Å². The summed E-state index contributed by atoms with van der Waals surface area (Å²) in [5, 5.41) is 4.12. The summed E-state index contributed by atoms with van der Waals surface area (Å²) in [5.74, 6) is 0.879. The number of halogens is 1. The zero-order chi connectivity index (χ0) is 27.9. The van der Waals surface area contributed by atoms with Crippen molar-refractivity contribution in [3.8, 4) is 0 Å². The zero-order valence-electron chi connectivity index (χ0n) is 21.7. The molecular formula is C32H30ClNO3S2. The highest BCUT2D eigenvalue weighted by Crippen LogP contribution is 2.29. The molecule has 0 aliphatic carbocycles. The average molecular weight is 576 g/mol. The second kappa shape index (κ2) is 16.6. The van der Waals surface area contributed by atoms with Crippen LogP contribution in [0.4, 0.5) is 0 Å². The van der Waals surface area contributed by atoms with Crippen LogP contribution in [-0.4, -0.2) is 29.1 Å². The first-order chi connectivity index (χ1) is 19.0. The first-order valence-corrected chi connectivity index (χ1v) is 14.7. The number of thioether (sulfide) groups is 1. The molecule has 0 saturated carbocycles. The number of alkyl halides is 1. The summed E-state index contributed by atoms with van der Waals surface area (Å²) in [4.78, 5) is 32.2. The number of hydrogen-bond donors (Lipinski definition) is 0. The van der Waals surface area contributed by atoms with Gasteiger partial charge in [-0.05, 0) is 66.6 Å². The fraction of sp³-hybridized carbons (Fsp3) is 0.156. The number of carbonyl (C=O) groups is 2. The molecule has 3 aromatic carbocycles. The molecule has 0 fully saturated rings. The highest BCUT2D eigenvalue weighted by molar-refractivity contribution is 8.03. The van der Waals surface area contributed by atoms with E-state index in [2.05, 4.69) is 11.7 Å². The molecule has 0 aliphatic rings. The topological polar surface area (TPSA) is 55.7 Å². The second-order valence-corrected chi connectivity index (χ2v) is 10.9. The summed E-state index contributed by atoms with van der Waals surface area (Å²) in [6.07, 6.45) is 9.09.